The van der Waals surface area contributed by atoms with Gasteiger partial charge in [0.15, 0.2) is 0 Å². The minimum absolute atomic E-state index is 0.0446. The first-order valence-electron chi connectivity index (χ1n) is 5.87. The van der Waals surface area contributed by atoms with Crippen molar-refractivity contribution in [3.8, 4) is 5.75 Å². The van der Waals surface area contributed by atoms with Crippen molar-refractivity contribution in [2.75, 3.05) is 6.54 Å². The molecule has 2 N–H and O–H groups in total. The SMILES string of the molecule is C=CCN1C(=O)N/C(=C/c2cccc([N+](=O)[O-])c2O)C1=O. The third-order valence-electron chi connectivity index (χ3n) is 2.82. The van der Waals surface area contributed by atoms with Crippen LogP contribution < -0.4 is 5.32 Å². The van der Waals surface area contributed by atoms with E-state index in [-0.39, 0.29) is 17.8 Å². The molecule has 2 rings (SSSR count). The molecule has 8 nitrogen and oxygen atoms in total. The normalized spacial score (nSPS) is 16.2. The molecule has 108 valence electrons. The number of nitrogens with one attached hydrogen (secondary N) is 1. The highest BCUT2D eigenvalue weighted by Crippen LogP contribution is 2.31. The van der Waals surface area contributed by atoms with Crippen molar-refractivity contribution in [2.45, 2.75) is 0 Å². The number of carbonyl (C=O) groups is 2. The van der Waals surface area contributed by atoms with E-state index >= 15 is 0 Å². The van der Waals surface area contributed by atoms with Crippen molar-refractivity contribution in [3.63, 3.8) is 0 Å². The zero-order valence-corrected chi connectivity index (χ0v) is 10.8. The number of benzene rings is 1. The fourth-order valence-electron chi connectivity index (χ4n) is 1.83. The van der Waals surface area contributed by atoms with Gasteiger partial charge in [0.2, 0.25) is 5.75 Å². The van der Waals surface area contributed by atoms with Crippen LogP contribution in [0.5, 0.6) is 5.75 Å². The first-order valence-corrected chi connectivity index (χ1v) is 5.87. The lowest BCUT2D eigenvalue weighted by atomic mass is 10.1. The molecule has 0 unspecified atom stereocenters. The van der Waals surface area contributed by atoms with Gasteiger partial charge in [-0.15, -0.1) is 6.58 Å². The molecule has 0 radical (unpaired) electrons. The van der Waals surface area contributed by atoms with Crippen LogP contribution in [-0.2, 0) is 4.79 Å². The second kappa shape index (κ2) is 5.45. The zero-order chi connectivity index (χ0) is 15.6. The highest BCUT2D eigenvalue weighted by Gasteiger charge is 2.32. The predicted molar refractivity (Wildman–Crippen MR) is 73.2 cm³/mol. The Labute approximate surface area is 119 Å². The molecule has 1 aromatic carbocycles. The molecule has 1 fully saturated rings. The van der Waals surface area contributed by atoms with Gasteiger partial charge in [0.25, 0.3) is 5.91 Å². The van der Waals surface area contributed by atoms with E-state index in [2.05, 4.69) is 11.9 Å². The summed E-state index contributed by atoms with van der Waals surface area (Å²) in [5.74, 6) is -1.16. The number of urea groups is 1. The smallest absolute Gasteiger partial charge is 0.329 e. The number of rotatable bonds is 4. The van der Waals surface area contributed by atoms with Gasteiger partial charge in [-0.25, -0.2) is 4.79 Å². The summed E-state index contributed by atoms with van der Waals surface area (Å²) >= 11 is 0. The Morgan fingerprint density at radius 2 is 2.14 bits per heavy atom. The van der Waals surface area contributed by atoms with Crippen molar-refractivity contribution in [1.82, 2.24) is 10.2 Å². The van der Waals surface area contributed by atoms with Crippen LogP contribution in [0.3, 0.4) is 0 Å². The molecule has 1 aromatic rings. The van der Waals surface area contributed by atoms with Crippen LogP contribution in [0.2, 0.25) is 0 Å². The Kier molecular flexibility index (Phi) is 3.70. The number of hydrogen-bond donors (Lipinski definition) is 2. The molecule has 1 aliphatic rings. The van der Waals surface area contributed by atoms with Crippen molar-refractivity contribution < 1.29 is 19.6 Å². The Hall–Kier alpha value is -3.16. The number of nitro groups is 1. The lowest BCUT2D eigenvalue weighted by Gasteiger charge is -2.06. The summed E-state index contributed by atoms with van der Waals surface area (Å²) in [7, 11) is 0. The average molecular weight is 289 g/mol. The Balaban J connectivity index is 2.39. The third kappa shape index (κ3) is 2.59. The van der Waals surface area contributed by atoms with Gasteiger partial charge in [-0.2, -0.15) is 0 Å². The molecule has 0 aliphatic carbocycles. The summed E-state index contributed by atoms with van der Waals surface area (Å²) in [6.45, 7) is 3.48. The van der Waals surface area contributed by atoms with Gasteiger partial charge in [-0.3, -0.25) is 19.8 Å². The molecule has 21 heavy (non-hydrogen) atoms. The van der Waals surface area contributed by atoms with Gasteiger partial charge in [-0.05, 0) is 6.08 Å². The molecular formula is C13H11N3O5. The average Bonchev–Trinajstić information content (AvgIpc) is 2.69. The van der Waals surface area contributed by atoms with E-state index in [0.29, 0.717) is 0 Å². The van der Waals surface area contributed by atoms with Crippen LogP contribution in [0.1, 0.15) is 5.56 Å². The lowest BCUT2D eigenvalue weighted by Crippen LogP contribution is -2.30. The van der Waals surface area contributed by atoms with Crippen molar-refractivity contribution in [1.29, 1.82) is 0 Å². The van der Waals surface area contributed by atoms with E-state index in [4.69, 9.17) is 0 Å². The largest absolute Gasteiger partial charge is 0.502 e. The fraction of sp³-hybridized carbons (Fsp3) is 0.0769. The first kappa shape index (κ1) is 14.3. The molecule has 1 heterocycles. The predicted octanol–water partition coefficient (Wildman–Crippen LogP) is 1.38. The Morgan fingerprint density at radius 1 is 1.43 bits per heavy atom. The molecule has 0 aromatic heterocycles. The number of phenols is 1. The topological polar surface area (TPSA) is 113 Å². The van der Waals surface area contributed by atoms with E-state index in [1.807, 2.05) is 0 Å². The minimum Gasteiger partial charge on any atom is -0.502 e. The molecule has 0 spiro atoms. The summed E-state index contributed by atoms with van der Waals surface area (Å²) in [5.41, 5.74) is -0.491. The number of nitro benzene ring substituents is 1. The summed E-state index contributed by atoms with van der Waals surface area (Å²) in [6, 6.07) is 3.28. The van der Waals surface area contributed by atoms with E-state index in [0.717, 1.165) is 11.0 Å². The standard InChI is InChI=1S/C13H11N3O5/c1-2-6-15-12(18)9(14-13(15)19)7-8-4-3-5-10(11(8)17)16(20)21/h2-5,7,17H,1,6H2,(H,14,19)/b9-7+. The van der Waals surface area contributed by atoms with Gasteiger partial charge in [0, 0.05) is 18.2 Å². The van der Waals surface area contributed by atoms with Gasteiger partial charge < -0.3 is 10.4 Å². The summed E-state index contributed by atoms with van der Waals surface area (Å²) in [5, 5.41) is 22.9. The molecule has 1 saturated heterocycles. The van der Waals surface area contributed by atoms with E-state index in [9.17, 15) is 24.8 Å². The van der Waals surface area contributed by atoms with E-state index in [1.54, 1.807) is 0 Å². The number of nitrogens with zero attached hydrogens (tertiary/aromatic N) is 2. The molecule has 1 aliphatic heterocycles. The maximum Gasteiger partial charge on any atom is 0.329 e. The monoisotopic (exact) mass is 289 g/mol. The highest BCUT2D eigenvalue weighted by molar-refractivity contribution is 6.14. The van der Waals surface area contributed by atoms with Gasteiger partial charge in [0.1, 0.15) is 5.70 Å². The highest BCUT2D eigenvalue weighted by atomic mass is 16.6. The Morgan fingerprint density at radius 3 is 2.76 bits per heavy atom. The van der Waals surface area contributed by atoms with Crippen molar-refractivity contribution in [2.24, 2.45) is 0 Å². The first-order chi connectivity index (χ1) is 9.95. The van der Waals surface area contributed by atoms with Crippen LogP contribution in [0.4, 0.5) is 10.5 Å². The van der Waals surface area contributed by atoms with Gasteiger partial charge in [-0.1, -0.05) is 18.2 Å². The maximum absolute atomic E-state index is 12.0. The number of imide groups is 1. The van der Waals surface area contributed by atoms with Gasteiger partial charge >= 0.3 is 11.7 Å². The van der Waals surface area contributed by atoms with E-state index < -0.39 is 28.3 Å². The number of phenolic OH excluding ortho intramolecular Hbond substituents is 1. The molecule has 0 saturated carbocycles. The number of carbonyl (C=O) groups excluding carboxylic acids is 2. The quantitative estimate of drug-likeness (QED) is 0.286. The molecule has 3 amide bonds. The minimum atomic E-state index is -0.740. The second-order valence-corrected chi connectivity index (χ2v) is 4.16. The van der Waals surface area contributed by atoms with Crippen LogP contribution in [0, 0.1) is 10.1 Å². The lowest BCUT2D eigenvalue weighted by molar-refractivity contribution is -0.385. The number of amides is 3. The second-order valence-electron chi connectivity index (χ2n) is 4.16. The molecule has 0 bridgehead atoms. The van der Waals surface area contributed by atoms with Crippen LogP contribution in [0.15, 0.2) is 36.6 Å². The summed E-state index contributed by atoms with van der Waals surface area (Å²) in [4.78, 5) is 34.4. The number of aromatic hydroxyl groups is 1. The van der Waals surface area contributed by atoms with Crippen molar-refractivity contribution in [3.05, 3.63) is 52.2 Å². The molecule has 0 atom stereocenters. The number of hydrogen-bond acceptors (Lipinski definition) is 5. The van der Waals surface area contributed by atoms with Crippen molar-refractivity contribution >= 4 is 23.7 Å². The van der Waals surface area contributed by atoms with E-state index in [1.165, 1.54) is 24.3 Å². The zero-order valence-electron chi connectivity index (χ0n) is 10.8. The van der Waals surface area contributed by atoms with Gasteiger partial charge in [0.05, 0.1) is 4.92 Å². The van der Waals surface area contributed by atoms with Crippen LogP contribution >= 0.6 is 0 Å². The molecular weight excluding hydrogens is 278 g/mol. The fourth-order valence-corrected chi connectivity index (χ4v) is 1.83. The Bertz CT molecular complexity index is 680. The van der Waals surface area contributed by atoms with Crippen LogP contribution in [-0.4, -0.2) is 33.4 Å². The summed E-state index contributed by atoms with van der Waals surface area (Å²) < 4.78 is 0. The molecule has 8 heteroatoms. The summed E-state index contributed by atoms with van der Waals surface area (Å²) in [6.07, 6.45) is 2.58. The maximum atomic E-state index is 12.0. The van der Waals surface area contributed by atoms with Crippen LogP contribution in [0.25, 0.3) is 6.08 Å². The third-order valence-corrected chi connectivity index (χ3v) is 2.82. The number of para-hydroxylation sites is 1.